The number of fused-ring (bicyclic) bond motifs is 3. The van der Waals surface area contributed by atoms with Crippen LogP contribution in [0, 0.1) is 29.6 Å². The number of alkyl halides is 1. The molecule has 2 saturated carbocycles. The maximum Gasteiger partial charge on any atom is 0.269 e. The van der Waals surface area contributed by atoms with Gasteiger partial charge in [0.2, 0.25) is 11.9 Å². The van der Waals surface area contributed by atoms with Gasteiger partial charge in [-0.15, -0.1) is 0 Å². The van der Waals surface area contributed by atoms with Gasteiger partial charge in [-0.25, -0.2) is 9.37 Å². The summed E-state index contributed by atoms with van der Waals surface area (Å²) in [5.41, 5.74) is 0.447. The van der Waals surface area contributed by atoms with Crippen LogP contribution in [0.5, 0.6) is 0 Å². The van der Waals surface area contributed by atoms with Crippen LogP contribution in [-0.2, 0) is 4.79 Å². The molecular weight excluding hydrogens is 428 g/mol. The van der Waals surface area contributed by atoms with E-state index in [9.17, 15) is 14.0 Å². The van der Waals surface area contributed by atoms with E-state index in [0.717, 1.165) is 32.1 Å². The first-order chi connectivity index (χ1) is 16.0. The van der Waals surface area contributed by atoms with E-state index in [1.54, 1.807) is 6.07 Å². The Morgan fingerprint density at radius 2 is 1.94 bits per heavy atom. The normalized spacial score (nSPS) is 34.4. The Labute approximate surface area is 193 Å². The Morgan fingerprint density at radius 1 is 1.15 bits per heavy atom. The maximum absolute atomic E-state index is 15.6. The lowest BCUT2D eigenvalue weighted by molar-refractivity contribution is -0.135. The van der Waals surface area contributed by atoms with E-state index in [2.05, 4.69) is 20.5 Å². The Balaban J connectivity index is 1.17. The number of carbonyl (C=O) groups is 2. The SMILES string of the molecule is CNC(=O)c1ccc(N2CCN(CC3CCC4C5CCCC5C(=O)NC4C3F)CC2)c(F)n1. The van der Waals surface area contributed by atoms with Crippen molar-refractivity contribution in [3.05, 3.63) is 23.8 Å². The zero-order valence-corrected chi connectivity index (χ0v) is 19.1. The van der Waals surface area contributed by atoms with E-state index in [0.29, 0.717) is 44.3 Å². The van der Waals surface area contributed by atoms with Crippen LogP contribution in [0.3, 0.4) is 0 Å². The number of piperazine rings is 1. The van der Waals surface area contributed by atoms with Crippen molar-refractivity contribution in [3.63, 3.8) is 0 Å². The van der Waals surface area contributed by atoms with Crippen molar-refractivity contribution >= 4 is 17.5 Å². The maximum atomic E-state index is 15.6. The standard InChI is InChI=1S/C24H33F2N5O2/c1-27-24(33)18-7-8-19(22(26)28-18)31-11-9-30(10-12-31)13-14-5-6-16-15-3-2-4-17(15)23(32)29-21(16)20(14)25/h7-8,14-17,20-21H,2-6,9-13H2,1H3,(H,27,33)(H,29,32). The number of pyridine rings is 1. The van der Waals surface area contributed by atoms with Crippen LogP contribution in [0.25, 0.3) is 0 Å². The molecule has 180 valence electrons. The number of anilines is 1. The molecule has 0 aromatic carbocycles. The van der Waals surface area contributed by atoms with Gasteiger partial charge < -0.3 is 15.5 Å². The first-order valence-corrected chi connectivity index (χ1v) is 12.3. The summed E-state index contributed by atoms with van der Waals surface area (Å²) in [7, 11) is 1.48. The number of hydrogen-bond acceptors (Lipinski definition) is 5. The molecule has 1 aromatic rings. The minimum Gasteiger partial charge on any atom is -0.365 e. The van der Waals surface area contributed by atoms with Crippen LogP contribution >= 0.6 is 0 Å². The summed E-state index contributed by atoms with van der Waals surface area (Å²) in [4.78, 5) is 32.1. The molecule has 9 heteroatoms. The molecule has 0 radical (unpaired) electrons. The van der Waals surface area contributed by atoms with Gasteiger partial charge in [-0.05, 0) is 49.7 Å². The highest BCUT2D eigenvalue weighted by Crippen LogP contribution is 2.47. The molecule has 4 fully saturated rings. The highest BCUT2D eigenvalue weighted by Gasteiger charge is 2.52. The van der Waals surface area contributed by atoms with Gasteiger partial charge in [0.25, 0.3) is 5.91 Å². The number of nitrogens with one attached hydrogen (secondary N) is 2. The lowest BCUT2D eigenvalue weighted by Gasteiger charge is -2.48. The molecule has 3 heterocycles. The zero-order chi connectivity index (χ0) is 23.1. The van der Waals surface area contributed by atoms with Gasteiger partial charge in [-0.1, -0.05) is 6.42 Å². The molecule has 0 bridgehead atoms. The summed E-state index contributed by atoms with van der Waals surface area (Å²) in [5.74, 6) is -0.335. The summed E-state index contributed by atoms with van der Waals surface area (Å²) < 4.78 is 30.1. The Kier molecular flexibility index (Phi) is 6.24. The number of aromatic nitrogens is 1. The average Bonchev–Trinajstić information content (AvgIpc) is 3.32. The van der Waals surface area contributed by atoms with Gasteiger partial charge in [0, 0.05) is 51.6 Å². The second-order valence-electron chi connectivity index (χ2n) is 10.1. The number of halogens is 2. The highest BCUT2D eigenvalue weighted by molar-refractivity contribution is 5.92. The molecule has 0 spiro atoms. The van der Waals surface area contributed by atoms with Crippen molar-refractivity contribution in [2.45, 2.75) is 44.3 Å². The predicted molar refractivity (Wildman–Crippen MR) is 120 cm³/mol. The fraction of sp³-hybridized carbons (Fsp3) is 0.708. The molecule has 1 aromatic heterocycles. The second kappa shape index (κ2) is 9.16. The van der Waals surface area contributed by atoms with E-state index in [-0.39, 0.29) is 35.4 Å². The lowest BCUT2D eigenvalue weighted by Crippen LogP contribution is -2.61. The molecule has 6 unspecified atom stereocenters. The first-order valence-electron chi connectivity index (χ1n) is 12.3. The molecule has 2 amide bonds. The molecule has 5 rings (SSSR count). The summed E-state index contributed by atoms with van der Waals surface area (Å²) in [6, 6.07) is 2.79. The minimum absolute atomic E-state index is 0.0562. The first kappa shape index (κ1) is 22.5. The monoisotopic (exact) mass is 461 g/mol. The molecular formula is C24H33F2N5O2. The Morgan fingerprint density at radius 3 is 2.67 bits per heavy atom. The minimum atomic E-state index is -1.01. The largest absolute Gasteiger partial charge is 0.365 e. The molecule has 6 atom stereocenters. The van der Waals surface area contributed by atoms with Crippen LogP contribution in [-0.4, -0.2) is 73.7 Å². The van der Waals surface area contributed by atoms with Crippen molar-refractivity contribution in [1.29, 1.82) is 0 Å². The number of carbonyl (C=O) groups excluding carboxylic acids is 2. The molecule has 2 aliphatic carbocycles. The third-order valence-corrected chi connectivity index (χ3v) is 8.38. The van der Waals surface area contributed by atoms with Gasteiger partial charge in [-0.2, -0.15) is 4.39 Å². The number of nitrogens with zero attached hydrogens (tertiary/aromatic N) is 3. The molecule has 2 N–H and O–H groups in total. The molecule has 4 aliphatic rings. The quantitative estimate of drug-likeness (QED) is 0.671. The summed E-state index contributed by atoms with van der Waals surface area (Å²) >= 11 is 0. The van der Waals surface area contributed by atoms with Gasteiger partial charge in [0.1, 0.15) is 11.9 Å². The van der Waals surface area contributed by atoms with E-state index < -0.39 is 18.0 Å². The van der Waals surface area contributed by atoms with Crippen molar-refractivity contribution in [2.75, 3.05) is 44.7 Å². The molecule has 7 nitrogen and oxygen atoms in total. The zero-order valence-electron chi connectivity index (χ0n) is 19.1. The highest BCUT2D eigenvalue weighted by atomic mass is 19.1. The Hall–Kier alpha value is -2.29. The summed E-state index contributed by atoms with van der Waals surface area (Å²) in [6.07, 6.45) is 3.95. The van der Waals surface area contributed by atoms with Crippen molar-refractivity contribution < 1.29 is 18.4 Å². The van der Waals surface area contributed by atoms with E-state index >= 15 is 4.39 Å². The van der Waals surface area contributed by atoms with Crippen LogP contribution in [0.15, 0.2) is 12.1 Å². The number of hydrogen-bond donors (Lipinski definition) is 2. The number of piperidine rings is 1. The second-order valence-corrected chi connectivity index (χ2v) is 10.1. The van der Waals surface area contributed by atoms with Crippen LogP contribution in [0.1, 0.15) is 42.6 Å². The third kappa shape index (κ3) is 4.20. The van der Waals surface area contributed by atoms with Gasteiger partial charge in [0.05, 0.1) is 11.7 Å². The van der Waals surface area contributed by atoms with E-state index in [1.165, 1.54) is 13.1 Å². The summed E-state index contributed by atoms with van der Waals surface area (Å²) in [6.45, 7) is 3.33. The van der Waals surface area contributed by atoms with E-state index in [4.69, 9.17) is 0 Å². The fourth-order valence-electron chi connectivity index (χ4n) is 6.65. The van der Waals surface area contributed by atoms with Crippen LogP contribution < -0.4 is 15.5 Å². The topological polar surface area (TPSA) is 77.6 Å². The third-order valence-electron chi connectivity index (χ3n) is 8.38. The molecule has 2 saturated heterocycles. The van der Waals surface area contributed by atoms with Crippen LogP contribution in [0.2, 0.25) is 0 Å². The number of amides is 2. The van der Waals surface area contributed by atoms with Crippen molar-refractivity contribution in [2.24, 2.45) is 23.7 Å². The van der Waals surface area contributed by atoms with Gasteiger partial charge in [0.15, 0.2) is 0 Å². The lowest BCUT2D eigenvalue weighted by atomic mass is 9.66. The fourth-order valence-corrected chi connectivity index (χ4v) is 6.65. The van der Waals surface area contributed by atoms with E-state index in [1.807, 2.05) is 4.90 Å². The smallest absolute Gasteiger partial charge is 0.269 e. The van der Waals surface area contributed by atoms with Crippen molar-refractivity contribution in [3.8, 4) is 0 Å². The van der Waals surface area contributed by atoms with Crippen molar-refractivity contribution in [1.82, 2.24) is 20.5 Å². The average molecular weight is 462 g/mol. The van der Waals surface area contributed by atoms with Gasteiger partial charge in [-0.3, -0.25) is 14.5 Å². The Bertz CT molecular complexity index is 907. The number of rotatable bonds is 4. The molecule has 33 heavy (non-hydrogen) atoms. The molecule has 2 aliphatic heterocycles. The van der Waals surface area contributed by atoms with Gasteiger partial charge >= 0.3 is 0 Å². The predicted octanol–water partition coefficient (Wildman–Crippen LogP) is 1.98. The van der Waals surface area contributed by atoms with Crippen LogP contribution in [0.4, 0.5) is 14.5 Å². The summed E-state index contributed by atoms with van der Waals surface area (Å²) in [5, 5.41) is 5.48.